The van der Waals surface area contributed by atoms with Crippen molar-refractivity contribution >= 4 is 17.2 Å². The predicted octanol–water partition coefficient (Wildman–Crippen LogP) is 3.17. The van der Waals surface area contributed by atoms with E-state index in [1.165, 1.54) is 5.56 Å². The molecule has 23 heavy (non-hydrogen) atoms. The summed E-state index contributed by atoms with van der Waals surface area (Å²) in [6, 6.07) is 2.15. The van der Waals surface area contributed by atoms with E-state index in [0.717, 1.165) is 32.5 Å². The van der Waals surface area contributed by atoms with Crippen LogP contribution in [0.4, 0.5) is 4.39 Å². The highest BCUT2D eigenvalue weighted by Gasteiger charge is 2.51. The molecule has 4 rings (SSSR count). The molecule has 0 N–H and O–H groups in total. The van der Waals surface area contributed by atoms with Crippen molar-refractivity contribution in [1.29, 1.82) is 0 Å². The molecular formula is C18H25FN2OS. The number of hydrogen-bond acceptors (Lipinski definition) is 3. The molecule has 1 amide bonds. The third-order valence-electron chi connectivity index (χ3n) is 6.01. The molecule has 126 valence electrons. The zero-order valence-electron chi connectivity index (χ0n) is 13.7. The molecule has 0 bridgehead atoms. The molecule has 1 saturated carbocycles. The van der Waals surface area contributed by atoms with E-state index >= 15 is 0 Å². The number of piperidine rings is 1. The quantitative estimate of drug-likeness (QED) is 0.846. The number of carbonyl (C=O) groups is 1. The van der Waals surface area contributed by atoms with E-state index in [4.69, 9.17) is 0 Å². The average molecular weight is 336 g/mol. The first-order chi connectivity index (χ1) is 11.1. The van der Waals surface area contributed by atoms with Gasteiger partial charge < -0.3 is 4.90 Å². The van der Waals surface area contributed by atoms with Crippen LogP contribution < -0.4 is 0 Å². The third kappa shape index (κ3) is 2.93. The molecule has 3 heterocycles. The highest BCUT2D eigenvalue weighted by Crippen LogP contribution is 2.44. The summed E-state index contributed by atoms with van der Waals surface area (Å²) in [4.78, 5) is 16.9. The minimum Gasteiger partial charge on any atom is -0.342 e. The van der Waals surface area contributed by atoms with Gasteiger partial charge in [-0.05, 0) is 54.1 Å². The third-order valence-corrected chi connectivity index (χ3v) is 6.74. The highest BCUT2D eigenvalue weighted by molar-refractivity contribution is 7.07. The van der Waals surface area contributed by atoms with Gasteiger partial charge in [0.15, 0.2) is 0 Å². The molecule has 2 saturated heterocycles. The highest BCUT2D eigenvalue weighted by atomic mass is 32.1. The SMILES string of the molecule is C[C@@H]1C[C@@H]1C(=O)N1CC[C@H](F)[C@@]2(CCN(Cc3ccsc3)C2)C1. The molecule has 3 fully saturated rings. The van der Waals surface area contributed by atoms with E-state index in [1.54, 1.807) is 11.3 Å². The summed E-state index contributed by atoms with van der Waals surface area (Å²) in [5.74, 6) is 1.02. The lowest BCUT2D eigenvalue weighted by atomic mass is 9.77. The van der Waals surface area contributed by atoms with E-state index < -0.39 is 6.17 Å². The molecule has 1 aromatic rings. The molecule has 3 aliphatic rings. The van der Waals surface area contributed by atoms with E-state index in [2.05, 4.69) is 28.7 Å². The number of thiophene rings is 1. The Hall–Kier alpha value is -0.940. The second kappa shape index (κ2) is 5.85. The Kier molecular flexibility index (Phi) is 3.96. The second-order valence-electron chi connectivity index (χ2n) is 7.79. The van der Waals surface area contributed by atoms with Gasteiger partial charge in [-0.25, -0.2) is 4.39 Å². The first-order valence-electron chi connectivity index (χ1n) is 8.74. The summed E-state index contributed by atoms with van der Waals surface area (Å²) < 4.78 is 14.8. The van der Waals surface area contributed by atoms with Crippen LogP contribution >= 0.6 is 11.3 Å². The number of nitrogens with zero attached hydrogens (tertiary/aromatic N) is 2. The lowest BCUT2D eigenvalue weighted by Crippen LogP contribution is -2.53. The average Bonchev–Trinajstić information content (AvgIpc) is 2.92. The standard InChI is InChI=1S/C18H25FN2OS/c1-13-8-15(13)17(22)21-5-2-16(19)18(12-21)4-6-20(11-18)9-14-3-7-23-10-14/h3,7,10,13,15-16H,2,4-6,8-9,11-12H2,1H3/t13-,15+,16+,18-/m1/s1. The summed E-state index contributed by atoms with van der Waals surface area (Å²) >= 11 is 1.71. The van der Waals surface area contributed by atoms with Crippen LogP contribution in [0.15, 0.2) is 16.8 Å². The maximum Gasteiger partial charge on any atom is 0.225 e. The Balaban J connectivity index is 1.42. The molecule has 1 spiro atoms. The maximum absolute atomic E-state index is 14.8. The van der Waals surface area contributed by atoms with Crippen LogP contribution in [0.5, 0.6) is 0 Å². The van der Waals surface area contributed by atoms with Crippen molar-refractivity contribution in [3.63, 3.8) is 0 Å². The zero-order valence-corrected chi connectivity index (χ0v) is 14.5. The number of hydrogen-bond donors (Lipinski definition) is 0. The number of amides is 1. The summed E-state index contributed by atoms with van der Waals surface area (Å²) in [6.07, 6.45) is 1.64. The predicted molar refractivity (Wildman–Crippen MR) is 90.0 cm³/mol. The number of likely N-dealkylation sites (tertiary alicyclic amines) is 2. The largest absolute Gasteiger partial charge is 0.342 e. The van der Waals surface area contributed by atoms with Crippen LogP contribution in [0, 0.1) is 17.3 Å². The second-order valence-corrected chi connectivity index (χ2v) is 8.57. The van der Waals surface area contributed by atoms with Crippen LogP contribution in [0.1, 0.15) is 31.7 Å². The fraction of sp³-hybridized carbons (Fsp3) is 0.722. The minimum atomic E-state index is -0.768. The Morgan fingerprint density at radius 2 is 2.26 bits per heavy atom. The number of carbonyl (C=O) groups excluding carboxylic acids is 1. The molecular weight excluding hydrogens is 311 g/mol. The van der Waals surface area contributed by atoms with E-state index in [9.17, 15) is 9.18 Å². The van der Waals surface area contributed by atoms with E-state index in [0.29, 0.717) is 25.4 Å². The fourth-order valence-electron chi connectivity index (χ4n) is 4.37. The van der Waals surface area contributed by atoms with E-state index in [-0.39, 0.29) is 17.2 Å². The van der Waals surface area contributed by atoms with Gasteiger partial charge in [0, 0.05) is 37.5 Å². The van der Waals surface area contributed by atoms with Crippen LogP contribution in [0.25, 0.3) is 0 Å². The smallest absolute Gasteiger partial charge is 0.225 e. The number of halogens is 1. The van der Waals surface area contributed by atoms with Crippen molar-refractivity contribution in [2.45, 2.75) is 38.9 Å². The van der Waals surface area contributed by atoms with Crippen molar-refractivity contribution in [3.05, 3.63) is 22.4 Å². The first-order valence-corrected chi connectivity index (χ1v) is 9.68. The minimum absolute atomic E-state index is 0.214. The van der Waals surface area contributed by atoms with Crippen molar-refractivity contribution in [2.24, 2.45) is 17.3 Å². The van der Waals surface area contributed by atoms with Crippen LogP contribution in [-0.2, 0) is 11.3 Å². The Morgan fingerprint density at radius 1 is 1.43 bits per heavy atom. The molecule has 1 aromatic heterocycles. The molecule has 0 radical (unpaired) electrons. The summed E-state index contributed by atoms with van der Waals surface area (Å²) in [6.45, 7) is 6.00. The first kappa shape index (κ1) is 15.6. The number of alkyl halides is 1. The molecule has 0 aromatic carbocycles. The Morgan fingerprint density at radius 3 is 2.96 bits per heavy atom. The monoisotopic (exact) mass is 336 g/mol. The van der Waals surface area contributed by atoms with Gasteiger partial charge in [-0.2, -0.15) is 11.3 Å². The normalized spacial score (nSPS) is 37.5. The zero-order chi connectivity index (χ0) is 16.0. The lowest BCUT2D eigenvalue weighted by molar-refractivity contribution is -0.138. The van der Waals surface area contributed by atoms with Gasteiger partial charge >= 0.3 is 0 Å². The fourth-order valence-corrected chi connectivity index (χ4v) is 5.03. The van der Waals surface area contributed by atoms with Gasteiger partial charge in [-0.1, -0.05) is 6.92 Å². The Labute approximate surface area is 141 Å². The van der Waals surface area contributed by atoms with Crippen LogP contribution in [-0.4, -0.2) is 48.1 Å². The van der Waals surface area contributed by atoms with Gasteiger partial charge in [-0.3, -0.25) is 9.69 Å². The van der Waals surface area contributed by atoms with Crippen molar-refractivity contribution in [1.82, 2.24) is 9.80 Å². The molecule has 3 nitrogen and oxygen atoms in total. The van der Waals surface area contributed by atoms with Gasteiger partial charge in [-0.15, -0.1) is 0 Å². The van der Waals surface area contributed by atoms with Gasteiger partial charge in [0.2, 0.25) is 5.91 Å². The van der Waals surface area contributed by atoms with Gasteiger partial charge in [0.25, 0.3) is 0 Å². The van der Waals surface area contributed by atoms with Gasteiger partial charge in [0.1, 0.15) is 6.17 Å². The summed E-state index contributed by atoms with van der Waals surface area (Å²) in [5, 5.41) is 4.26. The van der Waals surface area contributed by atoms with E-state index in [1.807, 2.05) is 4.90 Å². The molecule has 1 aliphatic carbocycles. The van der Waals surface area contributed by atoms with Crippen LogP contribution in [0.3, 0.4) is 0 Å². The van der Waals surface area contributed by atoms with Crippen molar-refractivity contribution in [3.8, 4) is 0 Å². The van der Waals surface area contributed by atoms with Crippen LogP contribution in [0.2, 0.25) is 0 Å². The molecule has 2 aliphatic heterocycles. The van der Waals surface area contributed by atoms with Gasteiger partial charge in [0.05, 0.1) is 0 Å². The Bertz CT molecular complexity index is 578. The topological polar surface area (TPSA) is 23.6 Å². The maximum atomic E-state index is 14.8. The molecule has 4 atom stereocenters. The molecule has 0 unspecified atom stereocenters. The number of rotatable bonds is 3. The van der Waals surface area contributed by atoms with Crippen molar-refractivity contribution in [2.75, 3.05) is 26.2 Å². The summed E-state index contributed by atoms with van der Waals surface area (Å²) in [5.41, 5.74) is 0.986. The lowest BCUT2D eigenvalue weighted by Gasteiger charge is -2.43. The molecule has 5 heteroatoms. The summed E-state index contributed by atoms with van der Waals surface area (Å²) in [7, 11) is 0. The van der Waals surface area contributed by atoms with Crippen molar-refractivity contribution < 1.29 is 9.18 Å².